The van der Waals surface area contributed by atoms with Crippen molar-refractivity contribution in [1.29, 1.82) is 0 Å². The largest absolute Gasteiger partial charge is 0.292 e. The SMILES string of the molecule is Cc1ccc(F)cc1C(=O)C(C)(C)S(C)(=O)=O. The molecular formula is C12H15FO3S. The molecule has 0 unspecified atom stereocenters. The maximum Gasteiger partial charge on any atom is 0.183 e. The molecule has 0 fully saturated rings. The predicted molar refractivity (Wildman–Crippen MR) is 64.4 cm³/mol. The summed E-state index contributed by atoms with van der Waals surface area (Å²) in [4.78, 5) is 12.1. The van der Waals surface area contributed by atoms with Crippen LogP contribution in [0.1, 0.15) is 29.8 Å². The number of ketones is 1. The van der Waals surface area contributed by atoms with Crippen molar-refractivity contribution < 1.29 is 17.6 Å². The Morgan fingerprint density at radius 3 is 2.29 bits per heavy atom. The van der Waals surface area contributed by atoms with E-state index in [9.17, 15) is 17.6 Å². The van der Waals surface area contributed by atoms with Crippen LogP contribution in [-0.4, -0.2) is 25.2 Å². The van der Waals surface area contributed by atoms with E-state index in [2.05, 4.69) is 0 Å². The minimum absolute atomic E-state index is 0.112. The van der Waals surface area contributed by atoms with E-state index in [1.54, 1.807) is 6.92 Å². The van der Waals surface area contributed by atoms with E-state index < -0.39 is 26.2 Å². The molecule has 0 saturated carbocycles. The molecule has 0 atom stereocenters. The van der Waals surface area contributed by atoms with Crippen LogP contribution in [0.5, 0.6) is 0 Å². The van der Waals surface area contributed by atoms with Crippen LogP contribution in [0.4, 0.5) is 4.39 Å². The van der Waals surface area contributed by atoms with E-state index in [-0.39, 0.29) is 5.56 Å². The Kier molecular flexibility index (Phi) is 3.43. The third-order valence-electron chi connectivity index (χ3n) is 2.92. The summed E-state index contributed by atoms with van der Waals surface area (Å²) in [6.07, 6.45) is 1.000. The van der Waals surface area contributed by atoms with Gasteiger partial charge in [0, 0.05) is 11.8 Å². The Bertz CT molecular complexity index is 559. The first-order valence-electron chi connectivity index (χ1n) is 5.08. The second-order valence-corrected chi connectivity index (χ2v) is 7.14. The fraction of sp³-hybridized carbons (Fsp3) is 0.417. The molecule has 0 aromatic heterocycles. The summed E-state index contributed by atoms with van der Waals surface area (Å²) >= 11 is 0. The molecular weight excluding hydrogens is 243 g/mol. The molecule has 1 rings (SSSR count). The minimum atomic E-state index is -3.55. The first-order valence-corrected chi connectivity index (χ1v) is 6.97. The molecule has 0 heterocycles. The van der Waals surface area contributed by atoms with Crippen LogP contribution in [0, 0.1) is 12.7 Å². The van der Waals surface area contributed by atoms with Crippen LogP contribution in [0.25, 0.3) is 0 Å². The Morgan fingerprint density at radius 1 is 1.29 bits per heavy atom. The number of aryl methyl sites for hydroxylation is 1. The molecule has 0 aliphatic carbocycles. The van der Waals surface area contributed by atoms with Gasteiger partial charge in [-0.1, -0.05) is 6.07 Å². The van der Waals surface area contributed by atoms with Crippen LogP contribution in [-0.2, 0) is 9.84 Å². The lowest BCUT2D eigenvalue weighted by Crippen LogP contribution is -2.40. The molecule has 0 spiro atoms. The maximum atomic E-state index is 13.1. The van der Waals surface area contributed by atoms with Crippen molar-refractivity contribution in [2.45, 2.75) is 25.5 Å². The molecule has 0 amide bonds. The van der Waals surface area contributed by atoms with Gasteiger partial charge in [-0.3, -0.25) is 4.79 Å². The second kappa shape index (κ2) is 4.22. The molecule has 5 heteroatoms. The molecule has 0 bridgehead atoms. The number of benzene rings is 1. The first-order chi connectivity index (χ1) is 7.57. The Morgan fingerprint density at radius 2 is 1.82 bits per heavy atom. The summed E-state index contributed by atoms with van der Waals surface area (Å²) in [6.45, 7) is 4.30. The molecule has 94 valence electrons. The molecule has 1 aromatic carbocycles. The molecule has 0 radical (unpaired) electrons. The third kappa shape index (κ3) is 2.54. The molecule has 0 aliphatic heterocycles. The predicted octanol–water partition coefficient (Wildman–Crippen LogP) is 2.14. The fourth-order valence-electron chi connectivity index (χ4n) is 1.33. The monoisotopic (exact) mass is 258 g/mol. The van der Waals surface area contributed by atoms with Gasteiger partial charge in [0.2, 0.25) is 0 Å². The van der Waals surface area contributed by atoms with Crippen LogP contribution < -0.4 is 0 Å². The highest BCUT2D eigenvalue weighted by atomic mass is 32.2. The normalized spacial score (nSPS) is 12.5. The average molecular weight is 258 g/mol. The third-order valence-corrected chi connectivity index (χ3v) is 4.96. The molecule has 0 N–H and O–H groups in total. The standard InChI is InChI=1S/C12H15FO3S/c1-8-5-6-9(13)7-10(8)11(14)12(2,3)17(4,15)16/h5-7H,1-4H3. The zero-order chi connectivity index (χ0) is 13.4. The highest BCUT2D eigenvalue weighted by Gasteiger charge is 2.39. The van der Waals surface area contributed by atoms with Crippen molar-refractivity contribution in [2.24, 2.45) is 0 Å². The number of carbonyl (C=O) groups is 1. The molecule has 17 heavy (non-hydrogen) atoms. The summed E-state index contributed by atoms with van der Waals surface area (Å²) in [5.41, 5.74) is 0.675. The number of Topliss-reactive ketones (excluding diaryl/α,β-unsaturated/α-hetero) is 1. The number of hydrogen-bond donors (Lipinski definition) is 0. The zero-order valence-corrected chi connectivity index (χ0v) is 11.1. The molecule has 3 nitrogen and oxygen atoms in total. The van der Waals surface area contributed by atoms with Crippen LogP contribution in [0.15, 0.2) is 18.2 Å². The van der Waals surface area contributed by atoms with Gasteiger partial charge >= 0.3 is 0 Å². The van der Waals surface area contributed by atoms with Gasteiger partial charge in [-0.25, -0.2) is 12.8 Å². The van der Waals surface area contributed by atoms with Gasteiger partial charge in [0.15, 0.2) is 15.6 Å². The summed E-state index contributed by atoms with van der Waals surface area (Å²) in [5, 5.41) is 0. The number of rotatable bonds is 3. The average Bonchev–Trinajstić information content (AvgIpc) is 2.19. The van der Waals surface area contributed by atoms with Crippen molar-refractivity contribution in [1.82, 2.24) is 0 Å². The summed E-state index contributed by atoms with van der Waals surface area (Å²) in [6, 6.07) is 3.77. The second-order valence-electron chi connectivity index (χ2n) is 4.57. The topological polar surface area (TPSA) is 51.2 Å². The molecule has 0 saturated heterocycles. The van der Waals surface area contributed by atoms with Gasteiger partial charge < -0.3 is 0 Å². The van der Waals surface area contributed by atoms with Crippen LogP contribution >= 0.6 is 0 Å². The van der Waals surface area contributed by atoms with Crippen molar-refractivity contribution in [3.05, 3.63) is 35.1 Å². The van der Waals surface area contributed by atoms with Crippen LogP contribution in [0.2, 0.25) is 0 Å². The first kappa shape index (κ1) is 13.8. The zero-order valence-electron chi connectivity index (χ0n) is 10.2. The lowest BCUT2D eigenvalue weighted by atomic mass is 9.96. The van der Waals surface area contributed by atoms with E-state index in [1.165, 1.54) is 26.0 Å². The van der Waals surface area contributed by atoms with Crippen molar-refractivity contribution in [2.75, 3.05) is 6.26 Å². The van der Waals surface area contributed by atoms with Gasteiger partial charge in [0.05, 0.1) is 0 Å². The highest BCUT2D eigenvalue weighted by Crippen LogP contribution is 2.23. The Balaban J connectivity index is 3.36. The van der Waals surface area contributed by atoms with Gasteiger partial charge in [0.1, 0.15) is 10.6 Å². The number of carbonyl (C=O) groups excluding carboxylic acids is 1. The maximum absolute atomic E-state index is 13.1. The summed E-state index contributed by atoms with van der Waals surface area (Å²) < 4.78 is 34.6. The van der Waals surface area contributed by atoms with Gasteiger partial charge in [-0.15, -0.1) is 0 Å². The van der Waals surface area contributed by atoms with E-state index in [4.69, 9.17) is 0 Å². The summed E-state index contributed by atoms with van der Waals surface area (Å²) in [5.74, 6) is -1.14. The summed E-state index contributed by atoms with van der Waals surface area (Å²) in [7, 11) is -3.55. The fourth-order valence-corrected chi connectivity index (χ4v) is 1.78. The van der Waals surface area contributed by atoms with E-state index in [1.807, 2.05) is 0 Å². The van der Waals surface area contributed by atoms with E-state index in [0.29, 0.717) is 5.56 Å². The molecule has 0 aliphatic rings. The minimum Gasteiger partial charge on any atom is -0.292 e. The van der Waals surface area contributed by atoms with Gasteiger partial charge in [-0.2, -0.15) is 0 Å². The number of hydrogen-bond acceptors (Lipinski definition) is 3. The van der Waals surface area contributed by atoms with Crippen molar-refractivity contribution in [3.63, 3.8) is 0 Å². The van der Waals surface area contributed by atoms with Crippen molar-refractivity contribution in [3.8, 4) is 0 Å². The lowest BCUT2D eigenvalue weighted by Gasteiger charge is -2.21. The van der Waals surface area contributed by atoms with Crippen molar-refractivity contribution >= 4 is 15.6 Å². The lowest BCUT2D eigenvalue weighted by molar-refractivity contribution is 0.0953. The number of sulfone groups is 1. The highest BCUT2D eigenvalue weighted by molar-refractivity contribution is 7.92. The smallest absolute Gasteiger partial charge is 0.183 e. The van der Waals surface area contributed by atoms with Crippen LogP contribution in [0.3, 0.4) is 0 Å². The Hall–Kier alpha value is -1.23. The quantitative estimate of drug-likeness (QED) is 0.780. The number of halogens is 1. The van der Waals surface area contributed by atoms with Gasteiger partial charge in [-0.05, 0) is 38.5 Å². The van der Waals surface area contributed by atoms with E-state index in [0.717, 1.165) is 12.3 Å². The Labute approximate surface area is 101 Å². The van der Waals surface area contributed by atoms with E-state index >= 15 is 0 Å². The van der Waals surface area contributed by atoms with Gasteiger partial charge in [0.25, 0.3) is 0 Å². The molecule has 1 aromatic rings.